The molecule has 4 N–H and O–H groups in total. The number of benzene rings is 1. The summed E-state index contributed by atoms with van der Waals surface area (Å²) < 4.78 is 1.06. The smallest absolute Gasteiger partial charge is 0.188 e. The second-order valence-electron chi connectivity index (χ2n) is 4.27. The molecule has 0 fully saturated rings. The molecule has 0 saturated heterocycles. The largest absolute Gasteiger partial charge is 0.409 e. The van der Waals surface area contributed by atoms with Crippen molar-refractivity contribution in [2.24, 2.45) is 10.9 Å². The van der Waals surface area contributed by atoms with Crippen LogP contribution in [-0.2, 0) is 13.1 Å². The highest BCUT2D eigenvalue weighted by molar-refractivity contribution is 9.10. The Balaban J connectivity index is 1.94. The molecule has 0 saturated carbocycles. The Kier molecular flexibility index (Phi) is 5.09. The van der Waals surface area contributed by atoms with Crippen LogP contribution < -0.4 is 11.1 Å². The number of pyridine rings is 1. The quantitative estimate of drug-likeness (QED) is 0.339. The first-order valence-corrected chi connectivity index (χ1v) is 6.86. The van der Waals surface area contributed by atoms with Crippen LogP contribution in [0.2, 0.25) is 0 Å². The third-order valence-corrected chi connectivity index (χ3v) is 3.24. The fraction of sp³-hybridized carbons (Fsp3) is 0.143. The number of hydrogen-bond donors (Lipinski definition) is 3. The van der Waals surface area contributed by atoms with Crippen molar-refractivity contribution in [3.8, 4) is 0 Å². The first-order valence-electron chi connectivity index (χ1n) is 6.07. The molecule has 2 rings (SSSR count). The Morgan fingerprint density at radius 3 is 2.70 bits per heavy atom. The summed E-state index contributed by atoms with van der Waals surface area (Å²) in [5.74, 6) is 0.0128. The zero-order valence-electron chi connectivity index (χ0n) is 10.8. The Labute approximate surface area is 125 Å². The minimum Gasteiger partial charge on any atom is -0.409 e. The van der Waals surface area contributed by atoms with Crippen LogP contribution in [0.1, 0.15) is 16.8 Å². The van der Waals surface area contributed by atoms with Crippen molar-refractivity contribution >= 4 is 21.8 Å². The highest BCUT2D eigenvalue weighted by Crippen LogP contribution is 2.11. The maximum Gasteiger partial charge on any atom is 0.188 e. The van der Waals surface area contributed by atoms with Crippen molar-refractivity contribution < 1.29 is 5.21 Å². The van der Waals surface area contributed by atoms with Crippen molar-refractivity contribution in [1.82, 2.24) is 10.3 Å². The van der Waals surface area contributed by atoms with Crippen LogP contribution in [0.3, 0.4) is 0 Å². The molecule has 6 heteroatoms. The molecule has 1 aromatic carbocycles. The monoisotopic (exact) mass is 334 g/mol. The molecule has 0 aliphatic carbocycles. The van der Waals surface area contributed by atoms with Gasteiger partial charge in [-0.05, 0) is 35.4 Å². The summed E-state index contributed by atoms with van der Waals surface area (Å²) in [6, 6.07) is 11.8. The minimum atomic E-state index is 0.0128. The zero-order chi connectivity index (χ0) is 14.4. The van der Waals surface area contributed by atoms with Crippen molar-refractivity contribution in [2.75, 3.05) is 0 Å². The molecule has 0 spiro atoms. The molecule has 0 aliphatic heterocycles. The van der Waals surface area contributed by atoms with E-state index >= 15 is 0 Å². The number of oxime groups is 1. The lowest BCUT2D eigenvalue weighted by Gasteiger charge is -2.06. The van der Waals surface area contributed by atoms with Crippen molar-refractivity contribution in [3.05, 3.63) is 63.9 Å². The molecule has 0 radical (unpaired) electrons. The predicted molar refractivity (Wildman–Crippen MR) is 81.4 cm³/mol. The normalized spacial score (nSPS) is 11.6. The number of amidine groups is 1. The number of nitrogens with zero attached hydrogens (tertiary/aromatic N) is 2. The number of nitrogens with two attached hydrogens (primary N) is 1. The van der Waals surface area contributed by atoms with E-state index in [0.29, 0.717) is 12.2 Å². The van der Waals surface area contributed by atoms with Crippen LogP contribution in [0.25, 0.3) is 0 Å². The van der Waals surface area contributed by atoms with Gasteiger partial charge in [0, 0.05) is 23.8 Å². The standard InChI is InChI=1S/C14H15BrN4O/c15-12-3-1-2-10(6-12)8-17-9-11-4-5-18-13(7-11)14(16)19-20/h1-7,17,20H,8-9H2,(H2,16,19). The summed E-state index contributed by atoms with van der Waals surface area (Å²) in [5.41, 5.74) is 8.20. The van der Waals surface area contributed by atoms with Gasteiger partial charge in [0.15, 0.2) is 5.84 Å². The number of aromatic nitrogens is 1. The molecular formula is C14H15BrN4O. The molecule has 20 heavy (non-hydrogen) atoms. The van der Waals surface area contributed by atoms with E-state index in [9.17, 15) is 0 Å². The van der Waals surface area contributed by atoms with E-state index in [2.05, 4.69) is 43.5 Å². The van der Waals surface area contributed by atoms with E-state index in [1.807, 2.05) is 18.2 Å². The molecular weight excluding hydrogens is 320 g/mol. The van der Waals surface area contributed by atoms with E-state index < -0.39 is 0 Å². The Hall–Kier alpha value is -1.92. The van der Waals surface area contributed by atoms with Gasteiger partial charge in [0.05, 0.1) is 0 Å². The molecule has 2 aromatic rings. The van der Waals surface area contributed by atoms with Gasteiger partial charge in [0.25, 0.3) is 0 Å². The summed E-state index contributed by atoms with van der Waals surface area (Å²) in [4.78, 5) is 4.04. The topological polar surface area (TPSA) is 83.5 Å². The summed E-state index contributed by atoms with van der Waals surface area (Å²) in [5, 5.41) is 14.9. The van der Waals surface area contributed by atoms with Gasteiger partial charge < -0.3 is 16.3 Å². The van der Waals surface area contributed by atoms with Gasteiger partial charge in [-0.15, -0.1) is 0 Å². The molecule has 104 valence electrons. The second-order valence-corrected chi connectivity index (χ2v) is 5.18. The van der Waals surface area contributed by atoms with Crippen LogP contribution in [0.4, 0.5) is 0 Å². The van der Waals surface area contributed by atoms with Crippen LogP contribution in [-0.4, -0.2) is 16.0 Å². The van der Waals surface area contributed by atoms with E-state index in [0.717, 1.165) is 16.6 Å². The van der Waals surface area contributed by atoms with Crippen LogP contribution >= 0.6 is 15.9 Å². The van der Waals surface area contributed by atoms with Gasteiger partial charge >= 0.3 is 0 Å². The first kappa shape index (κ1) is 14.5. The fourth-order valence-electron chi connectivity index (χ4n) is 1.77. The molecule has 0 unspecified atom stereocenters. The lowest BCUT2D eigenvalue weighted by atomic mass is 10.2. The first-order chi connectivity index (χ1) is 9.69. The van der Waals surface area contributed by atoms with Gasteiger partial charge in [-0.3, -0.25) is 4.98 Å². The number of nitrogens with one attached hydrogen (secondary N) is 1. The second kappa shape index (κ2) is 7.02. The highest BCUT2D eigenvalue weighted by Gasteiger charge is 2.02. The van der Waals surface area contributed by atoms with Gasteiger partial charge in [0.2, 0.25) is 0 Å². The van der Waals surface area contributed by atoms with Gasteiger partial charge in [-0.2, -0.15) is 0 Å². The van der Waals surface area contributed by atoms with Gasteiger partial charge in [0.1, 0.15) is 5.69 Å². The van der Waals surface area contributed by atoms with Crippen molar-refractivity contribution in [1.29, 1.82) is 0 Å². The lowest BCUT2D eigenvalue weighted by molar-refractivity contribution is 0.318. The predicted octanol–water partition coefficient (Wildman–Crippen LogP) is 2.23. The molecule has 1 aromatic heterocycles. The minimum absolute atomic E-state index is 0.0128. The summed E-state index contributed by atoms with van der Waals surface area (Å²) in [6.45, 7) is 1.45. The summed E-state index contributed by atoms with van der Waals surface area (Å²) in [7, 11) is 0. The molecule has 0 bridgehead atoms. The van der Waals surface area contributed by atoms with E-state index in [1.165, 1.54) is 5.56 Å². The maximum absolute atomic E-state index is 8.63. The number of hydrogen-bond acceptors (Lipinski definition) is 4. The summed E-state index contributed by atoms with van der Waals surface area (Å²) >= 11 is 3.45. The van der Waals surface area contributed by atoms with Gasteiger partial charge in [-0.25, -0.2) is 0 Å². The Morgan fingerprint density at radius 2 is 2.00 bits per heavy atom. The highest BCUT2D eigenvalue weighted by atomic mass is 79.9. The average molecular weight is 335 g/mol. The Bertz CT molecular complexity index is 616. The number of halogens is 1. The average Bonchev–Trinajstić information content (AvgIpc) is 2.47. The SMILES string of the molecule is NC(=NO)c1cc(CNCc2cccc(Br)c2)ccn1. The number of rotatable bonds is 5. The third kappa shape index (κ3) is 4.04. The van der Waals surface area contributed by atoms with Crippen LogP contribution in [0.5, 0.6) is 0 Å². The Morgan fingerprint density at radius 1 is 1.25 bits per heavy atom. The summed E-state index contributed by atoms with van der Waals surface area (Å²) in [6.07, 6.45) is 1.64. The molecule has 0 aliphatic rings. The third-order valence-electron chi connectivity index (χ3n) is 2.74. The van der Waals surface area contributed by atoms with Gasteiger partial charge in [-0.1, -0.05) is 33.2 Å². The van der Waals surface area contributed by atoms with Crippen LogP contribution in [0, 0.1) is 0 Å². The molecule has 5 nitrogen and oxygen atoms in total. The van der Waals surface area contributed by atoms with Crippen molar-refractivity contribution in [2.45, 2.75) is 13.1 Å². The fourth-order valence-corrected chi connectivity index (χ4v) is 2.22. The van der Waals surface area contributed by atoms with E-state index in [-0.39, 0.29) is 5.84 Å². The molecule has 0 amide bonds. The van der Waals surface area contributed by atoms with E-state index in [1.54, 1.807) is 12.3 Å². The lowest BCUT2D eigenvalue weighted by Crippen LogP contribution is -2.17. The maximum atomic E-state index is 8.63. The van der Waals surface area contributed by atoms with E-state index in [4.69, 9.17) is 10.9 Å². The van der Waals surface area contributed by atoms with Crippen molar-refractivity contribution in [3.63, 3.8) is 0 Å². The molecule has 0 atom stereocenters. The molecule has 1 heterocycles. The zero-order valence-corrected chi connectivity index (χ0v) is 12.3. The van der Waals surface area contributed by atoms with Crippen LogP contribution in [0.15, 0.2) is 52.2 Å².